The molecule has 0 spiro atoms. The van der Waals surface area contributed by atoms with Gasteiger partial charge in [0.2, 0.25) is 5.91 Å². The van der Waals surface area contributed by atoms with Crippen molar-refractivity contribution >= 4 is 11.6 Å². The molecule has 3 nitrogen and oxygen atoms in total. The minimum absolute atomic E-state index is 0.144. The van der Waals surface area contributed by atoms with Crippen LogP contribution in [-0.4, -0.2) is 12.5 Å². The predicted molar refractivity (Wildman–Crippen MR) is 78.9 cm³/mol. The van der Waals surface area contributed by atoms with Crippen LogP contribution < -0.4 is 10.6 Å². The van der Waals surface area contributed by atoms with Gasteiger partial charge in [0.05, 0.1) is 0 Å². The monoisotopic (exact) mass is 258 g/mol. The molecule has 1 aliphatic rings. The van der Waals surface area contributed by atoms with E-state index in [1.807, 2.05) is 0 Å². The van der Waals surface area contributed by atoms with Crippen molar-refractivity contribution in [2.24, 2.45) is 5.92 Å². The lowest BCUT2D eigenvalue weighted by molar-refractivity contribution is -0.124. The third kappa shape index (κ3) is 4.12. The minimum Gasteiger partial charge on any atom is -0.385 e. The number of hydrogen-bond acceptors (Lipinski definition) is 2. The summed E-state index contributed by atoms with van der Waals surface area (Å²) in [6.45, 7) is 3.75. The molecule has 0 radical (unpaired) electrons. The largest absolute Gasteiger partial charge is 0.385 e. The zero-order valence-electron chi connectivity index (χ0n) is 11.5. The van der Waals surface area contributed by atoms with Crippen LogP contribution in [0.25, 0.3) is 0 Å². The summed E-state index contributed by atoms with van der Waals surface area (Å²) in [5.74, 6) is 0.309. The van der Waals surface area contributed by atoms with Crippen molar-refractivity contribution < 1.29 is 4.79 Å². The van der Waals surface area contributed by atoms with Crippen LogP contribution in [0.1, 0.15) is 31.7 Å². The molecule has 1 aromatic carbocycles. The second kappa shape index (κ2) is 6.98. The normalized spacial score (nSPS) is 14.6. The predicted octanol–water partition coefficient (Wildman–Crippen LogP) is 3.09. The average molecular weight is 258 g/mol. The van der Waals surface area contributed by atoms with E-state index in [-0.39, 0.29) is 11.8 Å². The van der Waals surface area contributed by atoms with E-state index < -0.39 is 0 Å². The molecule has 2 N–H and O–H groups in total. The number of hydrogen-bond donors (Lipinski definition) is 2. The van der Waals surface area contributed by atoms with Crippen LogP contribution in [-0.2, 0) is 11.3 Å². The van der Waals surface area contributed by atoms with Gasteiger partial charge in [-0.1, -0.05) is 31.2 Å². The van der Waals surface area contributed by atoms with Crippen molar-refractivity contribution in [3.8, 4) is 0 Å². The van der Waals surface area contributed by atoms with Gasteiger partial charge in [-0.2, -0.15) is 0 Å². The van der Waals surface area contributed by atoms with Gasteiger partial charge in [0.1, 0.15) is 0 Å². The van der Waals surface area contributed by atoms with Gasteiger partial charge in [-0.05, 0) is 37.0 Å². The number of allylic oxidation sites excluding steroid dienone is 2. The second-order valence-electron chi connectivity index (χ2n) is 4.98. The zero-order valence-corrected chi connectivity index (χ0v) is 11.5. The van der Waals surface area contributed by atoms with Gasteiger partial charge in [0.25, 0.3) is 0 Å². The summed E-state index contributed by atoms with van der Waals surface area (Å²) >= 11 is 0. The summed E-state index contributed by atoms with van der Waals surface area (Å²) in [4.78, 5) is 11.9. The maximum absolute atomic E-state index is 11.9. The SMILES string of the molecule is CCCNc1ccc(CNC(=O)C2CC=CC2)cc1. The van der Waals surface area contributed by atoms with Gasteiger partial charge in [0.15, 0.2) is 0 Å². The Morgan fingerprint density at radius 2 is 1.89 bits per heavy atom. The van der Waals surface area contributed by atoms with E-state index in [2.05, 4.69) is 54.0 Å². The summed E-state index contributed by atoms with van der Waals surface area (Å²) in [7, 11) is 0. The standard InChI is InChI=1S/C16H22N2O/c1-2-11-17-15-9-7-13(8-10-15)12-18-16(19)14-5-3-4-6-14/h3-4,7-10,14,17H,2,5-6,11-12H2,1H3,(H,18,19). The first-order valence-electron chi connectivity index (χ1n) is 7.05. The van der Waals surface area contributed by atoms with E-state index in [1.165, 1.54) is 0 Å². The molecule has 0 aliphatic heterocycles. The molecule has 1 aliphatic carbocycles. The molecule has 1 aromatic rings. The van der Waals surface area contributed by atoms with Crippen LogP contribution in [0.2, 0.25) is 0 Å². The van der Waals surface area contributed by atoms with Crippen molar-refractivity contribution in [2.75, 3.05) is 11.9 Å². The highest BCUT2D eigenvalue weighted by Gasteiger charge is 2.18. The fraction of sp³-hybridized carbons (Fsp3) is 0.438. The molecule has 0 fully saturated rings. The highest BCUT2D eigenvalue weighted by atomic mass is 16.1. The van der Waals surface area contributed by atoms with Crippen molar-refractivity contribution in [2.45, 2.75) is 32.7 Å². The Bertz CT molecular complexity index is 429. The van der Waals surface area contributed by atoms with E-state index in [0.29, 0.717) is 6.54 Å². The molecule has 1 amide bonds. The summed E-state index contributed by atoms with van der Waals surface area (Å²) < 4.78 is 0. The lowest BCUT2D eigenvalue weighted by atomic mass is 10.1. The second-order valence-corrected chi connectivity index (χ2v) is 4.98. The third-order valence-electron chi connectivity index (χ3n) is 3.38. The zero-order chi connectivity index (χ0) is 13.5. The first kappa shape index (κ1) is 13.7. The fourth-order valence-corrected chi connectivity index (χ4v) is 2.17. The highest BCUT2D eigenvalue weighted by Crippen LogP contribution is 2.17. The van der Waals surface area contributed by atoms with E-state index in [1.54, 1.807) is 0 Å². The van der Waals surface area contributed by atoms with Crippen molar-refractivity contribution in [1.29, 1.82) is 0 Å². The first-order valence-corrected chi connectivity index (χ1v) is 7.05. The summed E-state index contributed by atoms with van der Waals surface area (Å²) in [5.41, 5.74) is 2.28. The van der Waals surface area contributed by atoms with E-state index in [4.69, 9.17) is 0 Å². The van der Waals surface area contributed by atoms with Crippen molar-refractivity contribution in [3.05, 3.63) is 42.0 Å². The summed E-state index contributed by atoms with van der Waals surface area (Å²) in [6.07, 6.45) is 7.04. The van der Waals surface area contributed by atoms with Crippen molar-refractivity contribution in [3.63, 3.8) is 0 Å². The maximum Gasteiger partial charge on any atom is 0.224 e. The minimum atomic E-state index is 0.144. The van der Waals surface area contributed by atoms with Crippen LogP contribution in [0.4, 0.5) is 5.69 Å². The summed E-state index contributed by atoms with van der Waals surface area (Å²) in [6, 6.07) is 8.25. The van der Waals surface area contributed by atoms with Gasteiger partial charge in [-0.15, -0.1) is 0 Å². The quantitative estimate of drug-likeness (QED) is 0.770. The smallest absolute Gasteiger partial charge is 0.224 e. The Labute approximate surface area is 115 Å². The molecule has 0 aromatic heterocycles. The van der Waals surface area contributed by atoms with Crippen LogP contribution in [0.15, 0.2) is 36.4 Å². The Morgan fingerprint density at radius 3 is 2.53 bits per heavy atom. The topological polar surface area (TPSA) is 41.1 Å². The molecule has 0 atom stereocenters. The van der Waals surface area contributed by atoms with Crippen LogP contribution in [0, 0.1) is 5.92 Å². The molecule has 0 bridgehead atoms. The van der Waals surface area contributed by atoms with Crippen LogP contribution in [0.5, 0.6) is 0 Å². The number of rotatable bonds is 6. The van der Waals surface area contributed by atoms with Crippen LogP contribution >= 0.6 is 0 Å². The number of benzene rings is 1. The Balaban J connectivity index is 1.77. The molecule has 2 rings (SSSR count). The first-order chi connectivity index (χ1) is 9.29. The molecule has 0 heterocycles. The van der Waals surface area contributed by atoms with Gasteiger partial charge in [-0.3, -0.25) is 4.79 Å². The molecular formula is C16H22N2O. The third-order valence-corrected chi connectivity index (χ3v) is 3.38. The van der Waals surface area contributed by atoms with Crippen LogP contribution in [0.3, 0.4) is 0 Å². The van der Waals surface area contributed by atoms with Gasteiger partial charge in [0, 0.05) is 24.7 Å². The number of anilines is 1. The summed E-state index contributed by atoms with van der Waals surface area (Å²) in [5, 5.41) is 6.34. The lowest BCUT2D eigenvalue weighted by Crippen LogP contribution is -2.28. The van der Waals surface area contributed by atoms with E-state index in [9.17, 15) is 4.79 Å². The van der Waals surface area contributed by atoms with Gasteiger partial charge >= 0.3 is 0 Å². The molecule has 0 saturated carbocycles. The molecular weight excluding hydrogens is 236 g/mol. The number of amides is 1. The molecule has 3 heteroatoms. The van der Waals surface area contributed by atoms with E-state index in [0.717, 1.165) is 37.1 Å². The highest BCUT2D eigenvalue weighted by molar-refractivity contribution is 5.79. The Hall–Kier alpha value is -1.77. The fourth-order valence-electron chi connectivity index (χ4n) is 2.17. The lowest BCUT2D eigenvalue weighted by Gasteiger charge is -2.11. The van der Waals surface area contributed by atoms with E-state index >= 15 is 0 Å². The molecule has 0 saturated heterocycles. The number of carbonyl (C=O) groups is 1. The average Bonchev–Trinajstić information content (AvgIpc) is 2.98. The molecule has 0 unspecified atom stereocenters. The number of nitrogens with one attached hydrogen (secondary N) is 2. The number of carbonyl (C=O) groups excluding carboxylic acids is 1. The molecule has 102 valence electrons. The Kier molecular flexibility index (Phi) is 5.01. The molecule has 19 heavy (non-hydrogen) atoms. The maximum atomic E-state index is 11.9. The van der Waals surface area contributed by atoms with Gasteiger partial charge in [-0.25, -0.2) is 0 Å². The Morgan fingerprint density at radius 1 is 1.21 bits per heavy atom. The van der Waals surface area contributed by atoms with Gasteiger partial charge < -0.3 is 10.6 Å². The van der Waals surface area contributed by atoms with Crippen molar-refractivity contribution in [1.82, 2.24) is 5.32 Å².